The van der Waals surface area contributed by atoms with Crippen LogP contribution in [0.1, 0.15) is 6.92 Å². The van der Waals surface area contributed by atoms with Crippen molar-refractivity contribution in [2.45, 2.75) is 6.92 Å². The van der Waals surface area contributed by atoms with Gasteiger partial charge in [-0.1, -0.05) is 164 Å². The molecule has 0 spiro atoms. The smallest absolute Gasteiger partial charge is 0.143 e. The van der Waals surface area contributed by atoms with Crippen molar-refractivity contribution in [3.8, 4) is 33.4 Å². The van der Waals surface area contributed by atoms with Crippen molar-refractivity contribution in [1.82, 2.24) is 0 Å². The highest BCUT2D eigenvalue weighted by molar-refractivity contribution is 6.27. The summed E-state index contributed by atoms with van der Waals surface area (Å²) in [6.45, 7) is 5.42. The van der Waals surface area contributed by atoms with Crippen molar-refractivity contribution in [2.24, 2.45) is 0 Å². The van der Waals surface area contributed by atoms with Gasteiger partial charge in [0.15, 0.2) is 0 Å². The van der Waals surface area contributed by atoms with Gasteiger partial charge in [0.1, 0.15) is 11.2 Å². The first kappa shape index (κ1) is 27.6. The maximum absolute atomic E-state index is 6.32. The molecule has 0 unspecified atom stereocenters. The maximum Gasteiger partial charge on any atom is 0.143 e. The molecule has 1 aromatic heterocycles. The van der Waals surface area contributed by atoms with E-state index in [2.05, 4.69) is 140 Å². The van der Waals surface area contributed by atoms with Gasteiger partial charge >= 0.3 is 0 Å². The molecule has 0 aliphatic rings. The largest absolute Gasteiger partial charge is 0.455 e. The summed E-state index contributed by atoms with van der Waals surface area (Å²) in [6.07, 6.45) is 5.58. The highest BCUT2D eigenvalue weighted by atomic mass is 16.3. The van der Waals surface area contributed by atoms with Gasteiger partial charge in [-0.25, -0.2) is 0 Å². The van der Waals surface area contributed by atoms with E-state index in [1.165, 1.54) is 54.6 Å². The van der Waals surface area contributed by atoms with Crippen LogP contribution in [0.4, 0.5) is 0 Å². The minimum absolute atomic E-state index is 0.927. The number of para-hydroxylation sites is 2. The van der Waals surface area contributed by atoms with Gasteiger partial charge in [-0.05, 0) is 73.1 Å². The first-order valence-corrected chi connectivity index (χ1v) is 15.8. The third-order valence-corrected chi connectivity index (χ3v) is 8.99. The number of fused-ring (bicyclic) bond motifs is 3. The van der Waals surface area contributed by atoms with Crippen molar-refractivity contribution in [3.63, 3.8) is 0 Å². The van der Waals surface area contributed by atoms with E-state index in [4.69, 9.17) is 4.42 Å². The van der Waals surface area contributed by atoms with Gasteiger partial charge in [0.25, 0.3) is 0 Å². The van der Waals surface area contributed by atoms with E-state index in [-0.39, 0.29) is 0 Å². The van der Waals surface area contributed by atoms with E-state index < -0.39 is 0 Å². The van der Waals surface area contributed by atoms with Crippen LogP contribution in [-0.4, -0.2) is 0 Å². The molecular weight excluding hydrogens is 556 g/mol. The molecule has 0 fully saturated rings. The van der Waals surface area contributed by atoms with Gasteiger partial charge in [0, 0.05) is 16.3 Å². The van der Waals surface area contributed by atoms with E-state index in [0.717, 1.165) is 33.1 Å². The second-order valence-electron chi connectivity index (χ2n) is 11.6. The molecule has 0 aliphatic heterocycles. The number of benzene rings is 8. The Morgan fingerprint density at radius 2 is 1.00 bits per heavy atom. The molecule has 0 atom stereocenters. The molecule has 9 rings (SSSR count). The van der Waals surface area contributed by atoms with Gasteiger partial charge in [0.05, 0.1) is 0 Å². The lowest BCUT2D eigenvalue weighted by atomic mass is 9.87. The third-order valence-electron chi connectivity index (χ3n) is 8.99. The Hall–Kier alpha value is -5.92. The minimum Gasteiger partial charge on any atom is -0.455 e. The zero-order valence-electron chi connectivity index (χ0n) is 25.7. The van der Waals surface area contributed by atoms with Crippen LogP contribution in [0.15, 0.2) is 175 Å². The number of rotatable bonds is 4. The molecule has 0 radical (unpaired) electrons. The molecule has 9 aromatic rings. The van der Waals surface area contributed by atoms with E-state index in [1.807, 2.05) is 31.2 Å². The van der Waals surface area contributed by atoms with Gasteiger partial charge in [-0.15, -0.1) is 0 Å². The van der Waals surface area contributed by atoms with Crippen LogP contribution in [0.2, 0.25) is 0 Å². The van der Waals surface area contributed by atoms with E-state index in [1.54, 1.807) is 6.08 Å². The third kappa shape index (κ3) is 4.57. The average molecular weight is 589 g/mol. The fraction of sp³-hybridized carbons (Fsp3) is 0.0222. The molecule has 0 saturated carbocycles. The van der Waals surface area contributed by atoms with Crippen LogP contribution < -0.4 is 0 Å². The van der Waals surface area contributed by atoms with Crippen LogP contribution in [0.5, 0.6) is 0 Å². The standard InChI is InChI=1S/C40H24O.C5H8/c1-2-7-25(8-3-1)30-21-17-28-20-24-35-31(22-18-29-19-23-34(30)38(28)39(29)35)26-13-15-27(16-14-26)32-10-6-11-36-33-9-4-5-12-37(33)41-40(32)36;1-3-5-4-2/h1-24H;3-5H,1H2,2H3/b;5-4-. The molecular formula is C45H32O. The molecule has 8 aromatic carbocycles. The molecule has 1 heteroatoms. The fourth-order valence-electron chi connectivity index (χ4n) is 6.86. The highest BCUT2D eigenvalue weighted by Gasteiger charge is 2.16. The quantitative estimate of drug-likeness (QED) is 0.147. The molecule has 218 valence electrons. The molecule has 1 nitrogen and oxygen atoms in total. The molecule has 0 bridgehead atoms. The lowest BCUT2D eigenvalue weighted by molar-refractivity contribution is 0.670. The molecule has 1 heterocycles. The van der Waals surface area contributed by atoms with E-state index in [9.17, 15) is 0 Å². The maximum atomic E-state index is 6.32. The summed E-state index contributed by atoms with van der Waals surface area (Å²) in [4.78, 5) is 0. The van der Waals surface area contributed by atoms with Crippen LogP contribution in [0.3, 0.4) is 0 Å². The van der Waals surface area contributed by atoms with Crippen molar-refractivity contribution in [3.05, 3.63) is 170 Å². The predicted octanol–water partition coefficient (Wildman–Crippen LogP) is 13.2. The Balaban J connectivity index is 0.000000583. The summed E-state index contributed by atoms with van der Waals surface area (Å²) in [5.74, 6) is 0. The molecule has 0 aliphatic carbocycles. The first-order valence-electron chi connectivity index (χ1n) is 15.8. The van der Waals surface area contributed by atoms with Crippen LogP contribution in [-0.2, 0) is 0 Å². The summed E-state index contributed by atoms with van der Waals surface area (Å²) in [6, 6.07) is 52.6. The van der Waals surface area contributed by atoms with Gasteiger partial charge in [-0.2, -0.15) is 0 Å². The molecule has 46 heavy (non-hydrogen) atoms. The normalized spacial score (nSPS) is 11.6. The van der Waals surface area contributed by atoms with Crippen molar-refractivity contribution in [2.75, 3.05) is 0 Å². The minimum atomic E-state index is 0.927. The monoisotopic (exact) mass is 588 g/mol. The second-order valence-corrected chi connectivity index (χ2v) is 11.6. The summed E-state index contributed by atoms with van der Waals surface area (Å²) < 4.78 is 6.32. The highest BCUT2D eigenvalue weighted by Crippen LogP contribution is 2.43. The Morgan fingerprint density at radius 1 is 0.457 bits per heavy atom. The van der Waals surface area contributed by atoms with Crippen LogP contribution in [0.25, 0.3) is 87.6 Å². The lowest BCUT2D eigenvalue weighted by Gasteiger charge is -2.16. The van der Waals surface area contributed by atoms with Crippen LogP contribution in [0, 0.1) is 0 Å². The Labute approximate surface area is 268 Å². The van der Waals surface area contributed by atoms with E-state index >= 15 is 0 Å². The average Bonchev–Trinajstić information content (AvgIpc) is 3.51. The van der Waals surface area contributed by atoms with Gasteiger partial charge in [0.2, 0.25) is 0 Å². The Morgan fingerprint density at radius 3 is 1.61 bits per heavy atom. The number of hydrogen-bond acceptors (Lipinski definition) is 1. The Bertz CT molecular complexity index is 2530. The molecule has 0 saturated heterocycles. The summed E-state index contributed by atoms with van der Waals surface area (Å²) in [5.41, 5.74) is 9.15. The molecule has 0 amide bonds. The Kier molecular flexibility index (Phi) is 6.93. The van der Waals surface area contributed by atoms with Crippen molar-refractivity contribution in [1.29, 1.82) is 0 Å². The fourth-order valence-corrected chi connectivity index (χ4v) is 6.86. The SMILES string of the molecule is C=C/C=C\C.c1ccc(-c2ccc3ccc4c(-c5ccc(-c6cccc7c6oc6ccccc67)cc5)ccc5ccc2c3c54)cc1. The van der Waals surface area contributed by atoms with Gasteiger partial charge < -0.3 is 4.42 Å². The number of allylic oxidation sites excluding steroid dienone is 3. The van der Waals surface area contributed by atoms with E-state index in [0.29, 0.717) is 0 Å². The molecule has 0 N–H and O–H groups in total. The van der Waals surface area contributed by atoms with Crippen molar-refractivity contribution >= 4 is 54.3 Å². The second kappa shape index (κ2) is 11.5. The summed E-state index contributed by atoms with van der Waals surface area (Å²) in [7, 11) is 0. The number of furan rings is 1. The predicted molar refractivity (Wildman–Crippen MR) is 199 cm³/mol. The first-order chi connectivity index (χ1) is 22.7. The number of hydrogen-bond donors (Lipinski definition) is 0. The lowest BCUT2D eigenvalue weighted by Crippen LogP contribution is -1.89. The zero-order chi connectivity index (χ0) is 31.0. The zero-order valence-corrected chi connectivity index (χ0v) is 25.7. The van der Waals surface area contributed by atoms with Gasteiger partial charge in [-0.3, -0.25) is 0 Å². The summed E-state index contributed by atoms with van der Waals surface area (Å²) in [5, 5.41) is 10.2. The summed E-state index contributed by atoms with van der Waals surface area (Å²) >= 11 is 0. The van der Waals surface area contributed by atoms with Crippen LogP contribution >= 0.6 is 0 Å². The topological polar surface area (TPSA) is 13.1 Å². The van der Waals surface area contributed by atoms with Crippen molar-refractivity contribution < 1.29 is 4.42 Å².